The lowest BCUT2D eigenvalue weighted by Gasteiger charge is -2.41. The van der Waals surface area contributed by atoms with Crippen LogP contribution in [0, 0.1) is 11.3 Å². The molecule has 0 saturated carbocycles. The molecule has 1 rings (SSSR count). The van der Waals surface area contributed by atoms with Crippen LogP contribution in [0.1, 0.15) is 27.2 Å². The third-order valence-corrected chi connectivity index (χ3v) is 3.77. The van der Waals surface area contributed by atoms with E-state index in [1.165, 1.54) is 7.11 Å². The Labute approximate surface area is 134 Å². The number of rotatable bonds is 5. The zero-order chi connectivity index (χ0) is 16.9. The van der Waals surface area contributed by atoms with Crippen molar-refractivity contribution in [2.75, 3.05) is 47.4 Å². The van der Waals surface area contributed by atoms with Crippen LogP contribution in [0.2, 0.25) is 0 Å². The first-order valence-electron chi connectivity index (χ1n) is 7.86. The topological polar surface area (TPSA) is 61.9 Å². The Hall–Kier alpha value is -1.14. The Balaban J connectivity index is 2.77. The molecule has 1 aliphatic heterocycles. The van der Waals surface area contributed by atoms with Crippen molar-refractivity contribution in [3.8, 4) is 0 Å². The van der Waals surface area contributed by atoms with Gasteiger partial charge in [0.05, 0.1) is 5.92 Å². The van der Waals surface area contributed by atoms with Crippen LogP contribution in [-0.4, -0.2) is 75.1 Å². The molecule has 1 fully saturated rings. The summed E-state index contributed by atoms with van der Waals surface area (Å²) in [6, 6.07) is -0.117. The average molecular weight is 313 g/mol. The Morgan fingerprint density at radius 1 is 1.32 bits per heavy atom. The normalized spacial score (nSPS) is 23.2. The molecule has 0 aromatic heterocycles. The number of methoxy groups -OCH3 is 1. The van der Waals surface area contributed by atoms with Gasteiger partial charge in [0.25, 0.3) is 0 Å². The molecule has 2 atom stereocenters. The maximum absolute atomic E-state index is 12.5. The Morgan fingerprint density at radius 2 is 1.95 bits per heavy atom. The number of hydrogen-bond donors (Lipinski definition) is 1. The molecule has 0 aromatic rings. The van der Waals surface area contributed by atoms with E-state index in [1.807, 2.05) is 0 Å². The summed E-state index contributed by atoms with van der Waals surface area (Å²) in [5.74, 6) is -0.290. The third kappa shape index (κ3) is 5.93. The Kier molecular flexibility index (Phi) is 6.81. The molecular weight excluding hydrogens is 282 g/mol. The third-order valence-electron chi connectivity index (χ3n) is 3.77. The Bertz CT molecular complexity index is 391. The summed E-state index contributed by atoms with van der Waals surface area (Å²) in [5, 5.41) is 2.95. The van der Waals surface area contributed by atoms with Crippen LogP contribution >= 0.6 is 0 Å². The average Bonchev–Trinajstić information content (AvgIpc) is 2.38. The fourth-order valence-electron chi connectivity index (χ4n) is 2.97. The molecule has 1 saturated heterocycles. The van der Waals surface area contributed by atoms with Crippen LogP contribution < -0.4 is 5.32 Å². The lowest BCUT2D eigenvalue weighted by atomic mass is 9.88. The smallest absolute Gasteiger partial charge is 0.246 e. The van der Waals surface area contributed by atoms with Crippen LogP contribution in [0.4, 0.5) is 0 Å². The number of likely N-dealkylation sites (tertiary alicyclic amines) is 1. The van der Waals surface area contributed by atoms with E-state index >= 15 is 0 Å². The highest BCUT2D eigenvalue weighted by Gasteiger charge is 2.36. The number of hydrogen-bond acceptors (Lipinski definition) is 4. The summed E-state index contributed by atoms with van der Waals surface area (Å²) in [7, 11) is 5.02. The summed E-state index contributed by atoms with van der Waals surface area (Å²) < 4.78 is 4.86. The predicted octanol–water partition coefficient (Wildman–Crippen LogP) is 0.574. The zero-order valence-electron chi connectivity index (χ0n) is 14.8. The van der Waals surface area contributed by atoms with E-state index in [9.17, 15) is 9.59 Å². The van der Waals surface area contributed by atoms with Crippen LogP contribution in [0.25, 0.3) is 0 Å². The first kappa shape index (κ1) is 18.9. The van der Waals surface area contributed by atoms with E-state index in [-0.39, 0.29) is 35.8 Å². The quantitative estimate of drug-likeness (QED) is 0.806. The van der Waals surface area contributed by atoms with Crippen molar-refractivity contribution >= 4 is 11.8 Å². The summed E-state index contributed by atoms with van der Waals surface area (Å²) in [6.07, 6.45) is 0.787. The second-order valence-corrected chi connectivity index (χ2v) is 7.53. The van der Waals surface area contributed by atoms with E-state index in [0.29, 0.717) is 6.54 Å². The van der Waals surface area contributed by atoms with Gasteiger partial charge in [0.2, 0.25) is 11.8 Å². The molecular formula is C16H31N3O3. The zero-order valence-corrected chi connectivity index (χ0v) is 14.8. The maximum atomic E-state index is 12.5. The first-order valence-corrected chi connectivity index (χ1v) is 7.86. The van der Waals surface area contributed by atoms with E-state index < -0.39 is 0 Å². The van der Waals surface area contributed by atoms with Crippen molar-refractivity contribution in [1.82, 2.24) is 15.1 Å². The fraction of sp³-hybridized carbons (Fsp3) is 0.875. The highest BCUT2D eigenvalue weighted by molar-refractivity contribution is 5.82. The number of amides is 2. The monoisotopic (exact) mass is 313 g/mol. The molecule has 22 heavy (non-hydrogen) atoms. The summed E-state index contributed by atoms with van der Waals surface area (Å²) in [5.41, 5.74) is 0.192. The molecule has 1 N–H and O–H groups in total. The van der Waals surface area contributed by atoms with Gasteiger partial charge in [-0.2, -0.15) is 0 Å². The van der Waals surface area contributed by atoms with Crippen molar-refractivity contribution in [2.45, 2.75) is 33.2 Å². The number of carbonyl (C=O) groups is 2. The van der Waals surface area contributed by atoms with Gasteiger partial charge in [-0.25, -0.2) is 0 Å². The minimum atomic E-state index is -0.202. The SMILES string of the molecule is COCC(=O)NC1CCN(CC(C)(C)C)CC1C(=O)N(C)C. The van der Waals surface area contributed by atoms with Crippen LogP contribution in [0.5, 0.6) is 0 Å². The molecule has 2 unspecified atom stereocenters. The molecule has 128 valence electrons. The minimum Gasteiger partial charge on any atom is -0.375 e. The van der Waals surface area contributed by atoms with E-state index in [1.54, 1.807) is 19.0 Å². The molecule has 1 heterocycles. The standard InChI is InChI=1S/C16H31N3O3/c1-16(2,3)11-19-8-7-13(17-14(20)10-22-6)12(9-19)15(21)18(4)5/h12-13H,7-11H2,1-6H3,(H,17,20). The van der Waals surface area contributed by atoms with Crippen LogP contribution in [0.3, 0.4) is 0 Å². The second kappa shape index (κ2) is 7.92. The molecule has 1 aliphatic rings. The molecule has 0 spiro atoms. The number of nitrogens with zero attached hydrogens (tertiary/aromatic N) is 2. The number of carbonyl (C=O) groups excluding carboxylic acids is 2. The van der Waals surface area contributed by atoms with Gasteiger partial charge < -0.3 is 19.9 Å². The van der Waals surface area contributed by atoms with Crippen molar-refractivity contribution < 1.29 is 14.3 Å². The van der Waals surface area contributed by atoms with Crippen molar-refractivity contribution in [2.24, 2.45) is 11.3 Å². The summed E-state index contributed by atoms with van der Waals surface area (Å²) in [4.78, 5) is 28.2. The van der Waals surface area contributed by atoms with Gasteiger partial charge in [-0.3, -0.25) is 9.59 Å². The van der Waals surface area contributed by atoms with Crippen LogP contribution in [0.15, 0.2) is 0 Å². The van der Waals surface area contributed by atoms with Gasteiger partial charge in [0.1, 0.15) is 6.61 Å². The predicted molar refractivity (Wildman–Crippen MR) is 86.5 cm³/mol. The number of nitrogens with one attached hydrogen (secondary N) is 1. The van der Waals surface area contributed by atoms with E-state index in [4.69, 9.17) is 4.74 Å². The minimum absolute atomic E-state index is 0.0328. The van der Waals surface area contributed by atoms with Gasteiger partial charge in [-0.1, -0.05) is 20.8 Å². The fourth-order valence-corrected chi connectivity index (χ4v) is 2.97. The largest absolute Gasteiger partial charge is 0.375 e. The van der Waals surface area contributed by atoms with Crippen LogP contribution in [-0.2, 0) is 14.3 Å². The summed E-state index contributed by atoms with van der Waals surface area (Å²) in [6.45, 7) is 9.15. The molecule has 0 radical (unpaired) electrons. The molecule has 6 heteroatoms. The van der Waals surface area contributed by atoms with Crippen molar-refractivity contribution in [3.63, 3.8) is 0 Å². The number of ether oxygens (including phenoxy) is 1. The van der Waals surface area contributed by atoms with Gasteiger partial charge in [0, 0.05) is 46.9 Å². The highest BCUT2D eigenvalue weighted by Crippen LogP contribution is 2.23. The molecule has 0 bridgehead atoms. The molecule has 0 aliphatic carbocycles. The molecule has 6 nitrogen and oxygen atoms in total. The van der Waals surface area contributed by atoms with Crippen molar-refractivity contribution in [1.29, 1.82) is 0 Å². The van der Waals surface area contributed by atoms with Gasteiger partial charge in [-0.05, 0) is 11.8 Å². The Morgan fingerprint density at radius 3 is 2.45 bits per heavy atom. The number of piperidine rings is 1. The first-order chi connectivity index (χ1) is 10.1. The van der Waals surface area contributed by atoms with E-state index in [0.717, 1.165) is 19.5 Å². The van der Waals surface area contributed by atoms with Gasteiger partial charge in [0.15, 0.2) is 0 Å². The van der Waals surface area contributed by atoms with E-state index in [2.05, 4.69) is 31.0 Å². The highest BCUT2D eigenvalue weighted by atomic mass is 16.5. The lowest BCUT2D eigenvalue weighted by molar-refractivity contribution is -0.137. The van der Waals surface area contributed by atoms with Crippen molar-refractivity contribution in [3.05, 3.63) is 0 Å². The molecule has 0 aromatic carbocycles. The maximum Gasteiger partial charge on any atom is 0.246 e. The summed E-state index contributed by atoms with van der Waals surface area (Å²) >= 11 is 0. The van der Waals surface area contributed by atoms with Gasteiger partial charge >= 0.3 is 0 Å². The molecule has 2 amide bonds. The van der Waals surface area contributed by atoms with Gasteiger partial charge in [-0.15, -0.1) is 0 Å². The lowest BCUT2D eigenvalue weighted by Crippen LogP contribution is -2.57. The second-order valence-electron chi connectivity index (χ2n) is 7.53.